The van der Waals surface area contributed by atoms with E-state index in [-0.39, 0.29) is 18.1 Å². The molecule has 2 aromatic carbocycles. The number of nitrogens with one attached hydrogen (secondary N) is 2. The Morgan fingerprint density at radius 1 is 0.963 bits per heavy atom. The number of carbonyl (C=O) groups excluding carboxylic acids is 1. The van der Waals surface area contributed by atoms with Gasteiger partial charge in [-0.15, -0.1) is 0 Å². The zero-order chi connectivity index (χ0) is 18.5. The molecular formula is C22H27N3O2. The number of likely N-dealkylation sites (tertiary alicyclic amines) is 1. The molecule has 2 heterocycles. The van der Waals surface area contributed by atoms with Crippen LogP contribution in [0.15, 0.2) is 54.6 Å². The third kappa shape index (κ3) is 4.80. The van der Waals surface area contributed by atoms with Gasteiger partial charge in [0.25, 0.3) is 0 Å². The predicted octanol–water partition coefficient (Wildman–Crippen LogP) is 2.95. The predicted molar refractivity (Wildman–Crippen MR) is 106 cm³/mol. The minimum absolute atomic E-state index is 0.0260. The molecule has 27 heavy (non-hydrogen) atoms. The second kappa shape index (κ2) is 8.44. The third-order valence-corrected chi connectivity index (χ3v) is 5.39. The Morgan fingerprint density at radius 2 is 1.67 bits per heavy atom. The molecule has 5 heteroatoms. The van der Waals surface area contributed by atoms with Crippen molar-refractivity contribution >= 4 is 6.03 Å². The molecule has 0 unspecified atom stereocenters. The smallest absolute Gasteiger partial charge is 0.315 e. The van der Waals surface area contributed by atoms with Gasteiger partial charge in [-0.25, -0.2) is 4.79 Å². The highest BCUT2D eigenvalue weighted by Crippen LogP contribution is 2.23. The highest BCUT2D eigenvalue weighted by atomic mass is 16.5. The average molecular weight is 365 g/mol. The van der Waals surface area contributed by atoms with Crippen LogP contribution < -0.4 is 15.4 Å². The number of nitrogens with zero attached hydrogens (tertiary/aromatic N) is 1. The van der Waals surface area contributed by atoms with Gasteiger partial charge in [0.2, 0.25) is 0 Å². The monoisotopic (exact) mass is 365 g/mol. The Hall–Kier alpha value is -2.53. The van der Waals surface area contributed by atoms with Gasteiger partial charge in [0.05, 0.1) is 6.04 Å². The first-order chi connectivity index (χ1) is 13.3. The van der Waals surface area contributed by atoms with Crippen molar-refractivity contribution in [3.8, 4) is 5.75 Å². The van der Waals surface area contributed by atoms with E-state index in [0.717, 1.165) is 50.2 Å². The van der Waals surface area contributed by atoms with Crippen LogP contribution in [0.1, 0.15) is 24.0 Å². The van der Waals surface area contributed by atoms with Crippen LogP contribution in [0.4, 0.5) is 4.79 Å². The summed E-state index contributed by atoms with van der Waals surface area (Å²) in [6, 6.07) is 18.8. The van der Waals surface area contributed by atoms with Crippen molar-refractivity contribution in [1.29, 1.82) is 0 Å². The molecule has 2 amide bonds. The summed E-state index contributed by atoms with van der Waals surface area (Å²) in [7, 11) is 0. The first-order valence-electron chi connectivity index (χ1n) is 9.80. The lowest BCUT2D eigenvalue weighted by Gasteiger charge is -2.33. The zero-order valence-corrected chi connectivity index (χ0v) is 15.6. The number of hydrogen-bond donors (Lipinski definition) is 2. The summed E-state index contributed by atoms with van der Waals surface area (Å²) in [5, 5.41) is 6.21. The molecule has 0 bridgehead atoms. The standard InChI is InChI=1S/C22H27N3O2/c26-22(24-20-14-18-8-4-5-9-21(18)27-16-20)23-19-10-12-25(13-11-19)15-17-6-2-1-3-7-17/h1-9,19-20H,10-16H2,(H2,23,24,26)/t20-/m1/s1. The quantitative estimate of drug-likeness (QED) is 0.876. The van der Waals surface area contributed by atoms with Gasteiger partial charge in [0.1, 0.15) is 12.4 Å². The zero-order valence-electron chi connectivity index (χ0n) is 15.6. The number of benzene rings is 2. The van der Waals surface area contributed by atoms with Crippen LogP contribution in [0.25, 0.3) is 0 Å². The molecule has 2 aromatic rings. The fraction of sp³-hybridized carbons (Fsp3) is 0.409. The van der Waals surface area contributed by atoms with Gasteiger partial charge in [-0.3, -0.25) is 4.90 Å². The highest BCUT2D eigenvalue weighted by molar-refractivity contribution is 5.74. The molecule has 4 rings (SSSR count). The van der Waals surface area contributed by atoms with Gasteiger partial charge < -0.3 is 15.4 Å². The molecule has 0 saturated carbocycles. The van der Waals surface area contributed by atoms with E-state index in [2.05, 4.69) is 45.9 Å². The van der Waals surface area contributed by atoms with Gasteiger partial charge in [0.15, 0.2) is 0 Å². The van der Waals surface area contributed by atoms with E-state index in [9.17, 15) is 4.79 Å². The van der Waals surface area contributed by atoms with Crippen LogP contribution in [0, 0.1) is 0 Å². The number of rotatable bonds is 4. The van der Waals surface area contributed by atoms with Gasteiger partial charge in [-0.2, -0.15) is 0 Å². The van der Waals surface area contributed by atoms with Crippen LogP contribution in [-0.4, -0.2) is 42.7 Å². The van der Waals surface area contributed by atoms with Crippen LogP contribution in [0.2, 0.25) is 0 Å². The molecule has 2 aliphatic heterocycles. The van der Waals surface area contributed by atoms with E-state index in [1.165, 1.54) is 5.56 Å². The number of amides is 2. The lowest BCUT2D eigenvalue weighted by atomic mass is 10.0. The molecule has 5 nitrogen and oxygen atoms in total. The maximum atomic E-state index is 12.4. The SMILES string of the molecule is O=C(NC1CCN(Cc2ccccc2)CC1)N[C@H]1COc2ccccc2C1. The summed E-state index contributed by atoms with van der Waals surface area (Å²) in [6.07, 6.45) is 2.80. The number of hydrogen-bond acceptors (Lipinski definition) is 3. The van der Waals surface area contributed by atoms with Gasteiger partial charge in [-0.05, 0) is 36.5 Å². The minimum atomic E-state index is -0.0792. The fourth-order valence-electron chi connectivity index (χ4n) is 3.91. The maximum absolute atomic E-state index is 12.4. The van der Waals surface area contributed by atoms with Crippen molar-refractivity contribution in [2.75, 3.05) is 19.7 Å². The number of ether oxygens (including phenoxy) is 1. The molecule has 2 aliphatic rings. The highest BCUT2D eigenvalue weighted by Gasteiger charge is 2.24. The van der Waals surface area contributed by atoms with E-state index in [1.807, 2.05) is 24.3 Å². The largest absolute Gasteiger partial charge is 0.491 e. The summed E-state index contributed by atoms with van der Waals surface area (Å²) in [5.41, 5.74) is 2.50. The lowest BCUT2D eigenvalue weighted by molar-refractivity contribution is 0.181. The molecule has 0 radical (unpaired) electrons. The summed E-state index contributed by atoms with van der Waals surface area (Å²) in [4.78, 5) is 14.8. The van der Waals surface area contributed by atoms with E-state index in [0.29, 0.717) is 6.61 Å². The van der Waals surface area contributed by atoms with Crippen molar-refractivity contribution in [2.24, 2.45) is 0 Å². The van der Waals surface area contributed by atoms with Crippen molar-refractivity contribution in [1.82, 2.24) is 15.5 Å². The summed E-state index contributed by atoms with van der Waals surface area (Å²) < 4.78 is 5.75. The number of para-hydroxylation sites is 1. The molecule has 0 aromatic heterocycles. The second-order valence-electron chi connectivity index (χ2n) is 7.47. The molecule has 1 fully saturated rings. The Labute approximate surface area is 160 Å². The first-order valence-corrected chi connectivity index (χ1v) is 9.80. The summed E-state index contributed by atoms with van der Waals surface area (Å²) in [5.74, 6) is 0.932. The van der Waals surface area contributed by atoms with E-state index < -0.39 is 0 Å². The normalized spacial score (nSPS) is 20.4. The topological polar surface area (TPSA) is 53.6 Å². The van der Waals surface area contributed by atoms with Gasteiger partial charge in [-0.1, -0.05) is 48.5 Å². The molecule has 1 atom stereocenters. The number of carbonyl (C=O) groups is 1. The van der Waals surface area contributed by atoms with Crippen molar-refractivity contribution in [2.45, 2.75) is 37.9 Å². The van der Waals surface area contributed by atoms with Crippen LogP contribution in [0.3, 0.4) is 0 Å². The van der Waals surface area contributed by atoms with Crippen molar-refractivity contribution in [3.63, 3.8) is 0 Å². The summed E-state index contributed by atoms with van der Waals surface area (Å²) in [6.45, 7) is 3.54. The van der Waals surface area contributed by atoms with E-state index >= 15 is 0 Å². The lowest BCUT2D eigenvalue weighted by Crippen LogP contribution is -2.52. The minimum Gasteiger partial charge on any atom is -0.491 e. The van der Waals surface area contributed by atoms with Crippen LogP contribution in [0.5, 0.6) is 5.75 Å². The third-order valence-electron chi connectivity index (χ3n) is 5.39. The number of piperidine rings is 1. The van der Waals surface area contributed by atoms with Gasteiger partial charge in [0, 0.05) is 25.7 Å². The molecule has 142 valence electrons. The maximum Gasteiger partial charge on any atom is 0.315 e. The Kier molecular flexibility index (Phi) is 5.58. The van der Waals surface area contributed by atoms with E-state index in [1.54, 1.807) is 0 Å². The van der Waals surface area contributed by atoms with Crippen molar-refractivity contribution < 1.29 is 9.53 Å². The Bertz CT molecular complexity index is 757. The molecule has 0 spiro atoms. The molecule has 0 aliphatic carbocycles. The Morgan fingerprint density at radius 3 is 2.48 bits per heavy atom. The first kappa shape index (κ1) is 17.9. The molecular weight excluding hydrogens is 338 g/mol. The Balaban J connectivity index is 1.20. The second-order valence-corrected chi connectivity index (χ2v) is 7.47. The van der Waals surface area contributed by atoms with Crippen LogP contribution in [-0.2, 0) is 13.0 Å². The number of fused-ring (bicyclic) bond motifs is 1. The van der Waals surface area contributed by atoms with Crippen LogP contribution >= 0.6 is 0 Å². The molecule has 2 N–H and O–H groups in total. The van der Waals surface area contributed by atoms with Crippen molar-refractivity contribution in [3.05, 3.63) is 65.7 Å². The van der Waals surface area contributed by atoms with Gasteiger partial charge >= 0.3 is 6.03 Å². The number of urea groups is 1. The fourth-order valence-corrected chi connectivity index (χ4v) is 3.91. The average Bonchev–Trinajstić information content (AvgIpc) is 2.70. The molecule has 1 saturated heterocycles. The summed E-state index contributed by atoms with van der Waals surface area (Å²) >= 11 is 0. The van der Waals surface area contributed by atoms with E-state index in [4.69, 9.17) is 4.74 Å².